The molecule has 0 unspecified atom stereocenters. The van der Waals surface area contributed by atoms with Gasteiger partial charge in [0.05, 0.1) is 18.5 Å². The van der Waals surface area contributed by atoms with Crippen LogP contribution < -0.4 is 20.5 Å². The second kappa shape index (κ2) is 8.67. The van der Waals surface area contributed by atoms with E-state index in [2.05, 4.69) is 27.4 Å². The normalized spacial score (nSPS) is 11.6. The molecule has 2 rings (SSSR count). The summed E-state index contributed by atoms with van der Waals surface area (Å²) in [5, 5.41) is 3.45. The Morgan fingerprint density at radius 2 is 1.88 bits per heavy atom. The lowest BCUT2D eigenvalue weighted by molar-refractivity contribution is 0.0983. The molecule has 0 saturated heterocycles. The monoisotopic (exact) mass is 344 g/mol. The Balaban J connectivity index is 1.77. The van der Waals surface area contributed by atoms with E-state index in [1.54, 1.807) is 12.4 Å². The first-order valence-corrected chi connectivity index (χ1v) is 8.57. The molecular weight excluding hydrogens is 316 g/mol. The van der Waals surface area contributed by atoms with Crippen LogP contribution in [0.3, 0.4) is 0 Å². The molecule has 0 aliphatic heterocycles. The molecule has 0 saturated carbocycles. The topological polar surface area (TPSA) is 82.3 Å². The van der Waals surface area contributed by atoms with Crippen LogP contribution in [0.15, 0.2) is 36.7 Å². The molecule has 0 radical (unpaired) electrons. The van der Waals surface area contributed by atoms with E-state index >= 15 is 0 Å². The highest BCUT2D eigenvalue weighted by molar-refractivity contribution is 5.28. The Kier molecular flexibility index (Phi) is 6.58. The predicted molar refractivity (Wildman–Crippen MR) is 99.7 cm³/mol. The molecule has 1 heterocycles. The first-order valence-electron chi connectivity index (χ1n) is 8.57. The standard InChI is InChI=1S/C19H28N4O2/c1-14(2)24-16-7-5-6-15(10-16)11-21-9-8-19(3,4)25-17-12-22-18(20)23-13-17/h5-7,10,12-14,21H,8-9,11H2,1-4H3,(H2,20,22,23). The Morgan fingerprint density at radius 1 is 1.16 bits per heavy atom. The van der Waals surface area contributed by atoms with E-state index < -0.39 is 0 Å². The van der Waals surface area contributed by atoms with Gasteiger partial charge in [0.15, 0.2) is 5.75 Å². The van der Waals surface area contributed by atoms with Crippen molar-refractivity contribution < 1.29 is 9.47 Å². The molecule has 136 valence electrons. The summed E-state index contributed by atoms with van der Waals surface area (Å²) in [6, 6.07) is 8.16. The van der Waals surface area contributed by atoms with Gasteiger partial charge >= 0.3 is 0 Å². The minimum Gasteiger partial charge on any atom is -0.491 e. The number of hydrogen-bond acceptors (Lipinski definition) is 6. The fraction of sp³-hybridized carbons (Fsp3) is 0.474. The largest absolute Gasteiger partial charge is 0.491 e. The second-order valence-electron chi connectivity index (χ2n) is 6.88. The highest BCUT2D eigenvalue weighted by Crippen LogP contribution is 2.19. The van der Waals surface area contributed by atoms with Gasteiger partial charge in [-0.25, -0.2) is 9.97 Å². The second-order valence-corrected chi connectivity index (χ2v) is 6.88. The van der Waals surface area contributed by atoms with Gasteiger partial charge in [0, 0.05) is 6.54 Å². The molecule has 3 N–H and O–H groups in total. The van der Waals surface area contributed by atoms with Crippen molar-refractivity contribution in [2.24, 2.45) is 0 Å². The van der Waals surface area contributed by atoms with Crippen LogP contribution in [0.4, 0.5) is 5.95 Å². The molecule has 0 spiro atoms. The molecule has 1 aromatic heterocycles. The zero-order chi connectivity index (χ0) is 18.3. The summed E-state index contributed by atoms with van der Waals surface area (Å²) in [4.78, 5) is 7.88. The van der Waals surface area contributed by atoms with Crippen molar-refractivity contribution in [3.63, 3.8) is 0 Å². The third-order valence-corrected chi connectivity index (χ3v) is 3.55. The van der Waals surface area contributed by atoms with Crippen LogP contribution in [0.5, 0.6) is 11.5 Å². The summed E-state index contributed by atoms with van der Waals surface area (Å²) in [6.45, 7) is 9.76. The van der Waals surface area contributed by atoms with Crippen LogP contribution in [0.2, 0.25) is 0 Å². The summed E-state index contributed by atoms with van der Waals surface area (Å²) in [7, 11) is 0. The van der Waals surface area contributed by atoms with Crippen LogP contribution in [0, 0.1) is 0 Å². The molecule has 2 aromatic rings. The van der Waals surface area contributed by atoms with Gasteiger partial charge in [-0.05, 0) is 58.4 Å². The third-order valence-electron chi connectivity index (χ3n) is 3.55. The average molecular weight is 344 g/mol. The summed E-state index contributed by atoms with van der Waals surface area (Å²) < 4.78 is 11.7. The lowest BCUT2D eigenvalue weighted by atomic mass is 10.1. The van der Waals surface area contributed by atoms with E-state index in [9.17, 15) is 0 Å². The number of hydrogen-bond donors (Lipinski definition) is 2. The van der Waals surface area contributed by atoms with Crippen LogP contribution in [0.1, 0.15) is 39.7 Å². The highest BCUT2D eigenvalue weighted by Gasteiger charge is 2.19. The van der Waals surface area contributed by atoms with E-state index in [-0.39, 0.29) is 17.7 Å². The van der Waals surface area contributed by atoms with Crippen LogP contribution in [-0.4, -0.2) is 28.2 Å². The number of rotatable bonds is 9. The maximum atomic E-state index is 5.93. The Hall–Kier alpha value is -2.34. The van der Waals surface area contributed by atoms with Crippen molar-refractivity contribution in [2.45, 2.75) is 52.4 Å². The zero-order valence-corrected chi connectivity index (χ0v) is 15.5. The number of nitrogens with one attached hydrogen (secondary N) is 1. The first kappa shape index (κ1) is 19.0. The minimum atomic E-state index is -0.324. The third kappa shape index (κ3) is 6.97. The lowest BCUT2D eigenvalue weighted by Crippen LogP contribution is -2.32. The SMILES string of the molecule is CC(C)Oc1cccc(CNCCC(C)(C)Oc2cnc(N)nc2)c1. The first-order chi connectivity index (χ1) is 11.8. The maximum Gasteiger partial charge on any atom is 0.220 e. The Morgan fingerprint density at radius 3 is 2.56 bits per heavy atom. The molecule has 6 nitrogen and oxygen atoms in total. The van der Waals surface area contributed by atoms with Gasteiger partial charge in [-0.2, -0.15) is 0 Å². The van der Waals surface area contributed by atoms with Gasteiger partial charge in [0.2, 0.25) is 5.95 Å². The van der Waals surface area contributed by atoms with Gasteiger partial charge in [0.1, 0.15) is 11.4 Å². The molecule has 25 heavy (non-hydrogen) atoms. The molecule has 1 aromatic carbocycles. The van der Waals surface area contributed by atoms with Gasteiger partial charge in [-0.15, -0.1) is 0 Å². The number of anilines is 1. The van der Waals surface area contributed by atoms with Crippen LogP contribution >= 0.6 is 0 Å². The number of nitrogens with zero attached hydrogens (tertiary/aromatic N) is 2. The average Bonchev–Trinajstić information content (AvgIpc) is 2.53. The lowest BCUT2D eigenvalue weighted by Gasteiger charge is -2.26. The summed E-state index contributed by atoms with van der Waals surface area (Å²) >= 11 is 0. The smallest absolute Gasteiger partial charge is 0.220 e. The number of benzene rings is 1. The number of nitrogen functional groups attached to an aromatic ring is 1. The van der Waals surface area contributed by atoms with E-state index in [1.165, 1.54) is 5.56 Å². The summed E-state index contributed by atoms with van der Waals surface area (Å²) in [5.74, 6) is 1.77. The Labute approximate surface area is 149 Å². The van der Waals surface area contributed by atoms with Crippen molar-refractivity contribution in [1.29, 1.82) is 0 Å². The number of ether oxygens (including phenoxy) is 2. The fourth-order valence-electron chi connectivity index (χ4n) is 2.37. The van der Waals surface area contributed by atoms with Crippen LogP contribution in [-0.2, 0) is 6.54 Å². The van der Waals surface area contributed by atoms with E-state index in [0.29, 0.717) is 5.75 Å². The van der Waals surface area contributed by atoms with E-state index in [1.807, 2.05) is 39.8 Å². The summed E-state index contributed by atoms with van der Waals surface area (Å²) in [6.07, 6.45) is 4.22. The van der Waals surface area contributed by atoms with Gasteiger partial charge in [-0.1, -0.05) is 12.1 Å². The summed E-state index contributed by atoms with van der Waals surface area (Å²) in [5.41, 5.74) is 6.36. The molecule has 0 amide bonds. The Bertz CT molecular complexity index is 657. The molecule has 6 heteroatoms. The number of nitrogens with two attached hydrogens (primary N) is 1. The quantitative estimate of drug-likeness (QED) is 0.680. The maximum absolute atomic E-state index is 5.93. The van der Waals surface area contributed by atoms with E-state index in [4.69, 9.17) is 15.2 Å². The zero-order valence-electron chi connectivity index (χ0n) is 15.5. The molecule has 0 atom stereocenters. The van der Waals surface area contributed by atoms with Crippen molar-refractivity contribution >= 4 is 5.95 Å². The van der Waals surface area contributed by atoms with Crippen molar-refractivity contribution in [2.75, 3.05) is 12.3 Å². The van der Waals surface area contributed by atoms with Gasteiger partial charge < -0.3 is 20.5 Å². The van der Waals surface area contributed by atoms with Crippen molar-refractivity contribution in [3.05, 3.63) is 42.2 Å². The van der Waals surface area contributed by atoms with Crippen LogP contribution in [0.25, 0.3) is 0 Å². The molecule has 0 aliphatic carbocycles. The van der Waals surface area contributed by atoms with Gasteiger partial charge in [-0.3, -0.25) is 0 Å². The minimum absolute atomic E-state index is 0.179. The molecule has 0 bridgehead atoms. The molecule has 0 fully saturated rings. The van der Waals surface area contributed by atoms with Crippen molar-refractivity contribution in [1.82, 2.24) is 15.3 Å². The highest BCUT2D eigenvalue weighted by atomic mass is 16.5. The fourth-order valence-corrected chi connectivity index (χ4v) is 2.37. The van der Waals surface area contributed by atoms with E-state index in [0.717, 1.165) is 25.3 Å². The van der Waals surface area contributed by atoms with Gasteiger partial charge in [0.25, 0.3) is 0 Å². The number of aromatic nitrogens is 2. The predicted octanol–water partition coefficient (Wildman–Crippen LogP) is 3.18. The molecule has 0 aliphatic rings. The molecular formula is C19H28N4O2. The van der Waals surface area contributed by atoms with Crippen molar-refractivity contribution in [3.8, 4) is 11.5 Å².